The molecule has 5 nitrogen and oxygen atoms in total. The van der Waals surface area contributed by atoms with Crippen molar-refractivity contribution in [1.29, 1.82) is 0 Å². The molecule has 1 unspecified atom stereocenters. The molecule has 17 heavy (non-hydrogen) atoms. The zero-order chi connectivity index (χ0) is 12.7. The normalized spacial score (nSPS) is 12.2. The van der Waals surface area contributed by atoms with Crippen molar-refractivity contribution in [2.75, 3.05) is 25.7 Å². The number of nitrogens with zero attached hydrogens (tertiary/aromatic N) is 2. The minimum atomic E-state index is -0.483. The molecule has 0 saturated heterocycles. The number of carbonyl (C=O) groups excluding carboxylic acids is 1. The zero-order valence-corrected chi connectivity index (χ0v) is 10.3. The van der Waals surface area contributed by atoms with Crippen LogP contribution in [0.3, 0.4) is 0 Å². The Balaban J connectivity index is 2.51. The van der Waals surface area contributed by atoms with Gasteiger partial charge >= 0.3 is 0 Å². The summed E-state index contributed by atoms with van der Waals surface area (Å²) in [6.07, 6.45) is 4.71. The van der Waals surface area contributed by atoms with Gasteiger partial charge in [-0.05, 0) is 25.0 Å². The number of rotatable bonds is 6. The molecule has 0 fully saturated rings. The van der Waals surface area contributed by atoms with Gasteiger partial charge in [-0.1, -0.05) is 0 Å². The van der Waals surface area contributed by atoms with Gasteiger partial charge in [0.2, 0.25) is 5.91 Å². The summed E-state index contributed by atoms with van der Waals surface area (Å²) in [5.41, 5.74) is 6.63. The van der Waals surface area contributed by atoms with Gasteiger partial charge in [0.1, 0.15) is 0 Å². The van der Waals surface area contributed by atoms with Gasteiger partial charge in [0.15, 0.2) is 0 Å². The number of aromatic nitrogens is 1. The molecule has 0 aliphatic heterocycles. The average molecular weight is 237 g/mol. The second-order valence-corrected chi connectivity index (χ2v) is 3.84. The maximum Gasteiger partial charge on any atom is 0.243 e. The van der Waals surface area contributed by atoms with Crippen LogP contribution in [-0.2, 0) is 9.53 Å². The van der Waals surface area contributed by atoms with Crippen LogP contribution in [0.25, 0.3) is 0 Å². The van der Waals surface area contributed by atoms with Crippen LogP contribution in [-0.4, -0.2) is 37.7 Å². The first-order chi connectivity index (χ1) is 8.16. The monoisotopic (exact) mass is 237 g/mol. The van der Waals surface area contributed by atoms with Crippen molar-refractivity contribution in [3.05, 3.63) is 24.5 Å². The summed E-state index contributed by atoms with van der Waals surface area (Å²) in [6, 6.07) is 3.07. The molecule has 0 aromatic carbocycles. The largest absolute Gasteiger partial charge is 0.385 e. The molecular formula is C12H19N3O2. The lowest BCUT2D eigenvalue weighted by Gasteiger charge is -2.21. The van der Waals surface area contributed by atoms with Crippen LogP contribution in [0.5, 0.6) is 0 Å². The zero-order valence-electron chi connectivity index (χ0n) is 10.3. The number of anilines is 1. The molecule has 1 heterocycles. The molecule has 0 bridgehead atoms. The lowest BCUT2D eigenvalue weighted by atomic mass is 10.1. The molecule has 94 valence electrons. The van der Waals surface area contributed by atoms with Crippen molar-refractivity contribution >= 4 is 11.6 Å². The maximum absolute atomic E-state index is 12.0. The minimum Gasteiger partial charge on any atom is -0.385 e. The summed E-state index contributed by atoms with van der Waals surface area (Å²) in [4.78, 5) is 17.4. The fourth-order valence-electron chi connectivity index (χ4n) is 1.51. The van der Waals surface area contributed by atoms with Crippen LogP contribution >= 0.6 is 0 Å². The Hall–Kier alpha value is -1.46. The summed E-state index contributed by atoms with van der Waals surface area (Å²) in [7, 11) is 3.35. The number of hydrogen-bond donors (Lipinski definition) is 1. The van der Waals surface area contributed by atoms with Crippen LogP contribution in [0.2, 0.25) is 0 Å². The maximum atomic E-state index is 12.0. The van der Waals surface area contributed by atoms with Crippen molar-refractivity contribution < 1.29 is 9.53 Å². The predicted octanol–water partition coefficient (Wildman–Crippen LogP) is 0.798. The van der Waals surface area contributed by atoms with Crippen molar-refractivity contribution in [3.8, 4) is 0 Å². The topological polar surface area (TPSA) is 68.5 Å². The first kappa shape index (κ1) is 13.6. The third kappa shape index (κ3) is 4.13. The van der Waals surface area contributed by atoms with Crippen molar-refractivity contribution in [1.82, 2.24) is 4.98 Å². The summed E-state index contributed by atoms with van der Waals surface area (Å²) >= 11 is 0. The van der Waals surface area contributed by atoms with Crippen LogP contribution < -0.4 is 10.6 Å². The lowest BCUT2D eigenvalue weighted by Crippen LogP contribution is -2.42. The second kappa shape index (κ2) is 6.98. The van der Waals surface area contributed by atoms with Crippen molar-refractivity contribution in [2.24, 2.45) is 5.73 Å². The molecular weight excluding hydrogens is 218 g/mol. The van der Waals surface area contributed by atoms with E-state index in [-0.39, 0.29) is 5.91 Å². The highest BCUT2D eigenvalue weighted by atomic mass is 16.5. The Bertz CT molecular complexity index is 343. The van der Waals surface area contributed by atoms with Gasteiger partial charge in [-0.15, -0.1) is 0 Å². The fraction of sp³-hybridized carbons (Fsp3) is 0.500. The average Bonchev–Trinajstić information content (AvgIpc) is 2.38. The van der Waals surface area contributed by atoms with Crippen molar-refractivity contribution in [2.45, 2.75) is 18.9 Å². The molecule has 0 spiro atoms. The fourth-order valence-corrected chi connectivity index (χ4v) is 1.51. The number of carbonyl (C=O) groups is 1. The number of amides is 1. The number of nitrogens with two attached hydrogens (primary N) is 1. The summed E-state index contributed by atoms with van der Waals surface area (Å²) in [6.45, 7) is 0.625. The molecule has 1 aromatic rings. The van der Waals surface area contributed by atoms with E-state index in [1.165, 1.54) is 0 Å². The number of pyridine rings is 1. The summed E-state index contributed by atoms with van der Waals surface area (Å²) in [5, 5.41) is 0. The highest BCUT2D eigenvalue weighted by molar-refractivity contribution is 5.96. The third-order valence-corrected chi connectivity index (χ3v) is 2.56. The first-order valence-corrected chi connectivity index (χ1v) is 5.59. The molecule has 0 aliphatic carbocycles. The van der Waals surface area contributed by atoms with Gasteiger partial charge in [0.05, 0.1) is 6.04 Å². The summed E-state index contributed by atoms with van der Waals surface area (Å²) < 4.78 is 4.93. The van der Waals surface area contributed by atoms with Gasteiger partial charge in [0, 0.05) is 38.8 Å². The number of ether oxygens (including phenoxy) is 1. The van der Waals surface area contributed by atoms with E-state index in [0.717, 1.165) is 12.1 Å². The van der Waals surface area contributed by atoms with E-state index in [9.17, 15) is 4.79 Å². The molecule has 0 radical (unpaired) electrons. The van der Waals surface area contributed by atoms with Gasteiger partial charge in [0.25, 0.3) is 0 Å². The molecule has 1 amide bonds. The summed E-state index contributed by atoms with van der Waals surface area (Å²) in [5.74, 6) is -0.0905. The van der Waals surface area contributed by atoms with Gasteiger partial charge in [-0.3, -0.25) is 9.78 Å². The first-order valence-electron chi connectivity index (χ1n) is 5.59. The highest BCUT2D eigenvalue weighted by Gasteiger charge is 2.18. The molecule has 1 atom stereocenters. The predicted molar refractivity (Wildman–Crippen MR) is 66.7 cm³/mol. The minimum absolute atomic E-state index is 0.0905. The number of hydrogen-bond acceptors (Lipinski definition) is 4. The van der Waals surface area contributed by atoms with Crippen LogP contribution in [0.4, 0.5) is 5.69 Å². The number of methoxy groups -OCH3 is 1. The molecule has 1 aromatic heterocycles. The highest BCUT2D eigenvalue weighted by Crippen LogP contribution is 2.11. The van der Waals surface area contributed by atoms with Crippen LogP contribution in [0.15, 0.2) is 24.5 Å². The Morgan fingerprint density at radius 2 is 2.18 bits per heavy atom. The lowest BCUT2D eigenvalue weighted by molar-refractivity contribution is -0.119. The van der Waals surface area contributed by atoms with E-state index in [2.05, 4.69) is 4.98 Å². The molecule has 1 rings (SSSR count). The Kier molecular flexibility index (Phi) is 5.59. The van der Waals surface area contributed by atoms with Gasteiger partial charge in [-0.25, -0.2) is 0 Å². The smallest absolute Gasteiger partial charge is 0.243 e. The van der Waals surface area contributed by atoms with E-state index in [1.807, 2.05) is 0 Å². The Labute approximate surface area is 102 Å². The molecule has 0 aliphatic rings. The van der Waals surface area contributed by atoms with E-state index in [4.69, 9.17) is 10.5 Å². The Morgan fingerprint density at radius 1 is 1.53 bits per heavy atom. The van der Waals surface area contributed by atoms with Crippen molar-refractivity contribution in [3.63, 3.8) is 0 Å². The van der Waals surface area contributed by atoms with Gasteiger partial charge in [-0.2, -0.15) is 0 Å². The van der Waals surface area contributed by atoms with E-state index in [1.54, 1.807) is 43.6 Å². The third-order valence-electron chi connectivity index (χ3n) is 2.56. The quantitative estimate of drug-likeness (QED) is 0.743. The van der Waals surface area contributed by atoms with Crippen LogP contribution in [0.1, 0.15) is 12.8 Å². The van der Waals surface area contributed by atoms with Crippen LogP contribution in [0, 0.1) is 0 Å². The molecule has 2 N–H and O–H groups in total. The van der Waals surface area contributed by atoms with E-state index < -0.39 is 6.04 Å². The standard InChI is InChI=1S/C12H19N3O2/c1-15(10-5-7-14-8-6-10)12(16)11(13)4-3-9-17-2/h5-8,11H,3-4,9,13H2,1-2H3. The Morgan fingerprint density at radius 3 is 2.76 bits per heavy atom. The van der Waals surface area contributed by atoms with Gasteiger partial charge < -0.3 is 15.4 Å². The molecule has 0 saturated carbocycles. The number of likely N-dealkylation sites (N-methyl/N-ethyl adjacent to an activating group) is 1. The van der Waals surface area contributed by atoms with E-state index in [0.29, 0.717) is 13.0 Å². The second-order valence-electron chi connectivity index (χ2n) is 3.84. The SMILES string of the molecule is COCCCC(N)C(=O)N(C)c1ccncc1. The van der Waals surface area contributed by atoms with E-state index >= 15 is 0 Å². The molecule has 5 heteroatoms.